The fourth-order valence-electron chi connectivity index (χ4n) is 3.90. The van der Waals surface area contributed by atoms with Crippen LogP contribution in [0.2, 0.25) is 0 Å². The third kappa shape index (κ3) is 4.23. The maximum absolute atomic E-state index is 13.4. The maximum Gasteiger partial charge on any atom is 0.252 e. The SMILES string of the molecule is O=C(NCc1ccc(-n2cccn2)nc1)c1cc(-c2cccnc2)nc2c1cnn2Cc1ccco1. The number of carbonyl (C=O) groups excluding carboxylic acids is 1. The number of furan rings is 1. The van der Waals surface area contributed by atoms with Crippen LogP contribution < -0.4 is 5.32 Å². The Hall–Kier alpha value is -5.12. The quantitative estimate of drug-likeness (QED) is 0.374. The lowest BCUT2D eigenvalue weighted by Gasteiger charge is -2.10. The standard InChI is InChI=1S/C26H20N8O2/c35-26(29-14-18-6-7-24(28-13-18)33-10-3-9-30-33)21-12-23(19-4-1-8-27-15-19)32-25-22(21)16-31-34(25)17-20-5-2-11-36-20/h1-13,15-16H,14,17H2,(H,29,35). The van der Waals surface area contributed by atoms with E-state index in [4.69, 9.17) is 9.40 Å². The van der Waals surface area contributed by atoms with Gasteiger partial charge in [0.25, 0.3) is 5.91 Å². The van der Waals surface area contributed by atoms with Gasteiger partial charge in [-0.25, -0.2) is 19.3 Å². The second-order valence-corrected chi connectivity index (χ2v) is 8.07. The average Bonchev–Trinajstić information content (AvgIpc) is 3.71. The Labute approximate surface area is 205 Å². The van der Waals surface area contributed by atoms with E-state index in [0.29, 0.717) is 41.2 Å². The van der Waals surface area contributed by atoms with Crippen molar-refractivity contribution in [2.24, 2.45) is 0 Å². The van der Waals surface area contributed by atoms with Crippen LogP contribution in [0.1, 0.15) is 21.7 Å². The molecule has 0 aromatic carbocycles. The summed E-state index contributed by atoms with van der Waals surface area (Å²) in [6.07, 6.45) is 11.9. The van der Waals surface area contributed by atoms with Gasteiger partial charge in [0.1, 0.15) is 12.3 Å². The topological polar surface area (TPSA) is 117 Å². The Kier molecular flexibility index (Phi) is 5.51. The molecule has 1 amide bonds. The Morgan fingerprint density at radius 1 is 1.00 bits per heavy atom. The second kappa shape index (κ2) is 9.26. The van der Waals surface area contributed by atoms with Gasteiger partial charge in [-0.2, -0.15) is 10.2 Å². The van der Waals surface area contributed by atoms with Gasteiger partial charge >= 0.3 is 0 Å². The largest absolute Gasteiger partial charge is 0.467 e. The minimum absolute atomic E-state index is 0.235. The smallest absolute Gasteiger partial charge is 0.252 e. The number of rotatable bonds is 7. The fraction of sp³-hybridized carbons (Fsp3) is 0.0769. The molecule has 10 heteroatoms. The van der Waals surface area contributed by atoms with E-state index < -0.39 is 0 Å². The molecule has 0 saturated carbocycles. The Balaban J connectivity index is 1.30. The average molecular weight is 477 g/mol. The molecule has 1 N–H and O–H groups in total. The molecule has 0 aliphatic heterocycles. The van der Waals surface area contributed by atoms with Crippen molar-refractivity contribution >= 4 is 16.9 Å². The monoisotopic (exact) mass is 476 g/mol. The Morgan fingerprint density at radius 2 is 1.97 bits per heavy atom. The summed E-state index contributed by atoms with van der Waals surface area (Å²) in [6, 6.07) is 14.8. The molecule has 0 bridgehead atoms. The predicted octanol–water partition coefficient (Wildman–Crippen LogP) is 3.65. The highest BCUT2D eigenvalue weighted by atomic mass is 16.3. The summed E-state index contributed by atoms with van der Waals surface area (Å²) in [5.74, 6) is 1.21. The molecule has 6 heterocycles. The minimum Gasteiger partial charge on any atom is -0.467 e. The number of hydrogen-bond acceptors (Lipinski definition) is 7. The van der Waals surface area contributed by atoms with Crippen molar-refractivity contribution < 1.29 is 9.21 Å². The van der Waals surface area contributed by atoms with Gasteiger partial charge < -0.3 is 9.73 Å². The maximum atomic E-state index is 13.4. The van der Waals surface area contributed by atoms with E-state index in [-0.39, 0.29) is 5.91 Å². The van der Waals surface area contributed by atoms with Crippen molar-refractivity contribution in [2.45, 2.75) is 13.1 Å². The molecular formula is C26H20N8O2. The molecule has 0 unspecified atom stereocenters. The van der Waals surface area contributed by atoms with E-state index in [1.54, 1.807) is 52.7 Å². The summed E-state index contributed by atoms with van der Waals surface area (Å²) in [6.45, 7) is 0.715. The zero-order valence-electron chi connectivity index (χ0n) is 19.0. The van der Waals surface area contributed by atoms with Crippen LogP contribution >= 0.6 is 0 Å². The number of amides is 1. The van der Waals surface area contributed by atoms with Gasteiger partial charge in [0, 0.05) is 43.1 Å². The van der Waals surface area contributed by atoms with Gasteiger partial charge in [0.15, 0.2) is 11.5 Å². The van der Waals surface area contributed by atoms with Crippen LogP contribution in [-0.4, -0.2) is 40.4 Å². The highest BCUT2D eigenvalue weighted by Crippen LogP contribution is 2.25. The Bertz CT molecular complexity index is 1610. The molecular weight excluding hydrogens is 456 g/mol. The molecule has 176 valence electrons. The molecule has 0 aliphatic rings. The molecule has 6 aromatic heterocycles. The molecule has 0 atom stereocenters. The van der Waals surface area contributed by atoms with Crippen LogP contribution in [0.4, 0.5) is 0 Å². The summed E-state index contributed by atoms with van der Waals surface area (Å²) >= 11 is 0. The third-order valence-electron chi connectivity index (χ3n) is 5.70. The predicted molar refractivity (Wildman–Crippen MR) is 131 cm³/mol. The van der Waals surface area contributed by atoms with Gasteiger partial charge in [-0.15, -0.1) is 0 Å². The number of hydrogen-bond donors (Lipinski definition) is 1. The van der Waals surface area contributed by atoms with Gasteiger partial charge in [-0.3, -0.25) is 9.78 Å². The van der Waals surface area contributed by atoms with E-state index >= 15 is 0 Å². The second-order valence-electron chi connectivity index (χ2n) is 8.07. The molecule has 6 aromatic rings. The van der Waals surface area contributed by atoms with E-state index in [9.17, 15) is 4.79 Å². The Morgan fingerprint density at radius 3 is 2.72 bits per heavy atom. The summed E-state index contributed by atoms with van der Waals surface area (Å²) in [5.41, 5.74) is 3.36. The number of nitrogens with one attached hydrogen (secondary N) is 1. The number of aromatic nitrogens is 7. The zero-order valence-corrected chi connectivity index (χ0v) is 19.0. The van der Waals surface area contributed by atoms with Gasteiger partial charge in [0.05, 0.1) is 29.1 Å². The van der Waals surface area contributed by atoms with Crippen LogP contribution in [0, 0.1) is 0 Å². The van der Waals surface area contributed by atoms with Gasteiger partial charge in [0.2, 0.25) is 0 Å². The van der Waals surface area contributed by atoms with Crippen LogP contribution in [-0.2, 0) is 13.1 Å². The van der Waals surface area contributed by atoms with Crippen molar-refractivity contribution in [1.82, 2.24) is 39.8 Å². The van der Waals surface area contributed by atoms with E-state index in [2.05, 4.69) is 25.5 Å². The van der Waals surface area contributed by atoms with Crippen molar-refractivity contribution in [3.63, 3.8) is 0 Å². The lowest BCUT2D eigenvalue weighted by atomic mass is 10.1. The molecule has 0 fully saturated rings. The van der Waals surface area contributed by atoms with Crippen molar-refractivity contribution in [3.05, 3.63) is 109 Å². The summed E-state index contributed by atoms with van der Waals surface area (Å²) in [7, 11) is 0. The number of fused-ring (bicyclic) bond motifs is 1. The normalized spacial score (nSPS) is 11.1. The number of pyridine rings is 3. The first-order chi connectivity index (χ1) is 17.7. The molecule has 10 nitrogen and oxygen atoms in total. The first-order valence-corrected chi connectivity index (χ1v) is 11.3. The van der Waals surface area contributed by atoms with Crippen LogP contribution in [0.3, 0.4) is 0 Å². The molecule has 0 spiro atoms. The first kappa shape index (κ1) is 21.4. The van der Waals surface area contributed by atoms with Crippen LogP contribution in [0.15, 0.2) is 96.4 Å². The first-order valence-electron chi connectivity index (χ1n) is 11.3. The van der Waals surface area contributed by atoms with E-state index in [1.807, 2.05) is 48.7 Å². The summed E-state index contributed by atoms with van der Waals surface area (Å²) in [5, 5.41) is 12.3. The van der Waals surface area contributed by atoms with Crippen molar-refractivity contribution in [3.8, 4) is 17.1 Å². The van der Waals surface area contributed by atoms with Gasteiger partial charge in [-0.1, -0.05) is 6.07 Å². The summed E-state index contributed by atoms with van der Waals surface area (Å²) < 4.78 is 8.88. The number of carbonyl (C=O) groups is 1. The molecule has 0 radical (unpaired) electrons. The highest BCUT2D eigenvalue weighted by Gasteiger charge is 2.18. The lowest BCUT2D eigenvalue weighted by Crippen LogP contribution is -2.23. The van der Waals surface area contributed by atoms with Crippen LogP contribution in [0.5, 0.6) is 0 Å². The zero-order chi connectivity index (χ0) is 24.3. The highest BCUT2D eigenvalue weighted by molar-refractivity contribution is 6.06. The third-order valence-corrected chi connectivity index (χ3v) is 5.70. The lowest BCUT2D eigenvalue weighted by molar-refractivity contribution is 0.0952. The number of nitrogens with zero attached hydrogens (tertiary/aromatic N) is 7. The summed E-state index contributed by atoms with van der Waals surface area (Å²) in [4.78, 5) is 26.8. The van der Waals surface area contributed by atoms with Crippen molar-refractivity contribution in [2.75, 3.05) is 0 Å². The molecule has 0 saturated heterocycles. The molecule has 36 heavy (non-hydrogen) atoms. The van der Waals surface area contributed by atoms with Crippen molar-refractivity contribution in [1.29, 1.82) is 0 Å². The van der Waals surface area contributed by atoms with Gasteiger partial charge in [-0.05, 0) is 48.0 Å². The fourth-order valence-corrected chi connectivity index (χ4v) is 3.90. The minimum atomic E-state index is -0.235. The van der Waals surface area contributed by atoms with E-state index in [1.165, 1.54) is 0 Å². The van der Waals surface area contributed by atoms with E-state index in [0.717, 1.165) is 16.9 Å². The molecule has 6 rings (SSSR count). The molecule has 0 aliphatic carbocycles. The van der Waals surface area contributed by atoms with Crippen LogP contribution in [0.25, 0.3) is 28.1 Å².